The van der Waals surface area contributed by atoms with Crippen molar-refractivity contribution in [3.8, 4) is 11.1 Å². The molecule has 3 aromatic rings. The molecule has 1 saturated heterocycles. The lowest BCUT2D eigenvalue weighted by molar-refractivity contribution is 0.673. The summed E-state index contributed by atoms with van der Waals surface area (Å²) in [6.45, 7) is 0. The summed E-state index contributed by atoms with van der Waals surface area (Å²) < 4.78 is 4.34. The number of hydrogen-bond acceptors (Lipinski definition) is 5. The van der Waals surface area contributed by atoms with E-state index in [0.29, 0.717) is 11.1 Å². The number of anilines is 1. The fraction of sp³-hybridized carbons (Fsp3) is 0.400. The third-order valence-electron chi connectivity index (χ3n) is 4.15. The summed E-state index contributed by atoms with van der Waals surface area (Å²) in [5.41, 5.74) is 10.1. The molecule has 3 aromatic heterocycles. The predicted molar refractivity (Wildman–Crippen MR) is 96.4 cm³/mol. The van der Waals surface area contributed by atoms with Gasteiger partial charge in [0.2, 0.25) is 0 Å². The van der Waals surface area contributed by atoms with Crippen molar-refractivity contribution in [2.45, 2.75) is 24.5 Å². The van der Waals surface area contributed by atoms with Crippen LogP contribution in [0.4, 0.5) is 5.82 Å². The Morgan fingerprint density at radius 3 is 2.87 bits per heavy atom. The van der Waals surface area contributed by atoms with Crippen molar-refractivity contribution in [2.75, 3.05) is 11.5 Å². The molecule has 0 saturated carbocycles. The van der Waals surface area contributed by atoms with Crippen LogP contribution in [0.1, 0.15) is 30.2 Å². The Labute approximate surface area is 146 Å². The highest BCUT2D eigenvalue weighted by molar-refractivity contribution is 9.10. The van der Waals surface area contributed by atoms with Gasteiger partial charge in [0.05, 0.1) is 22.6 Å². The summed E-state index contributed by atoms with van der Waals surface area (Å²) in [4.78, 5) is 4.92. The van der Waals surface area contributed by atoms with Gasteiger partial charge in [0.15, 0.2) is 5.65 Å². The van der Waals surface area contributed by atoms with Crippen LogP contribution in [-0.2, 0) is 7.05 Å². The summed E-state index contributed by atoms with van der Waals surface area (Å²) in [6, 6.07) is 0. The topological polar surface area (TPSA) is 74.0 Å². The van der Waals surface area contributed by atoms with Crippen LogP contribution in [0.5, 0.6) is 0 Å². The fourth-order valence-corrected chi connectivity index (χ4v) is 4.95. The second-order valence-electron chi connectivity index (χ2n) is 5.75. The molecule has 120 valence electrons. The number of thioether (sulfide) groups is 1. The van der Waals surface area contributed by atoms with Crippen molar-refractivity contribution < 1.29 is 0 Å². The van der Waals surface area contributed by atoms with E-state index in [4.69, 9.17) is 10.7 Å². The molecule has 4 heterocycles. The normalized spacial score (nSPS) is 18.6. The minimum atomic E-state index is 0.391. The number of nitrogens with zero attached hydrogens (tertiary/aromatic N) is 5. The van der Waals surface area contributed by atoms with Crippen LogP contribution in [0.2, 0.25) is 0 Å². The van der Waals surface area contributed by atoms with Gasteiger partial charge in [0.25, 0.3) is 0 Å². The zero-order valence-corrected chi connectivity index (χ0v) is 15.1. The minimum Gasteiger partial charge on any atom is -0.383 e. The van der Waals surface area contributed by atoms with Crippen molar-refractivity contribution in [1.82, 2.24) is 24.4 Å². The first kappa shape index (κ1) is 15.0. The third-order valence-corrected chi connectivity index (χ3v) is 6.35. The van der Waals surface area contributed by atoms with Gasteiger partial charge in [-0.25, -0.2) is 4.98 Å². The number of aromatic nitrogens is 5. The Morgan fingerprint density at radius 1 is 1.30 bits per heavy atom. The summed E-state index contributed by atoms with van der Waals surface area (Å²) in [7, 11) is 1.90. The standard InChI is InChI=1S/C15H17BrN6S/c1-21-8-9(6-18-21)10-7-19-22-14(17)12(16)13(20-15(10)22)11-4-2-3-5-23-11/h6-8,11H,2-5,17H2,1H3/t11-/m1/s1. The smallest absolute Gasteiger partial charge is 0.165 e. The summed E-state index contributed by atoms with van der Waals surface area (Å²) in [5.74, 6) is 1.78. The Balaban J connectivity index is 1.89. The van der Waals surface area contributed by atoms with Crippen molar-refractivity contribution in [1.29, 1.82) is 0 Å². The van der Waals surface area contributed by atoms with Gasteiger partial charge < -0.3 is 5.73 Å². The first-order valence-corrected chi connectivity index (χ1v) is 9.42. The van der Waals surface area contributed by atoms with Crippen LogP contribution in [-0.4, -0.2) is 30.1 Å². The third kappa shape index (κ3) is 2.53. The molecular formula is C15H17BrN6S. The van der Waals surface area contributed by atoms with Gasteiger partial charge in [0, 0.05) is 29.6 Å². The molecule has 0 radical (unpaired) electrons. The summed E-state index contributed by atoms with van der Waals surface area (Å²) >= 11 is 5.59. The quantitative estimate of drug-likeness (QED) is 0.722. The maximum Gasteiger partial charge on any atom is 0.165 e. The van der Waals surface area contributed by atoms with Crippen LogP contribution in [0, 0.1) is 0 Å². The van der Waals surface area contributed by atoms with E-state index in [9.17, 15) is 0 Å². The number of nitrogens with two attached hydrogens (primary N) is 1. The lowest BCUT2D eigenvalue weighted by atomic mass is 10.1. The van der Waals surface area contributed by atoms with Gasteiger partial charge in [-0.2, -0.15) is 26.5 Å². The van der Waals surface area contributed by atoms with Gasteiger partial charge in [0.1, 0.15) is 5.82 Å². The lowest BCUT2D eigenvalue weighted by Gasteiger charge is -2.22. The molecule has 1 fully saturated rings. The van der Waals surface area contributed by atoms with E-state index in [1.54, 1.807) is 15.4 Å². The SMILES string of the molecule is Cn1cc(-c2cnn3c(N)c(Br)c([C@H]4CCCCS4)nc23)cn1. The molecule has 0 aromatic carbocycles. The van der Waals surface area contributed by atoms with Crippen LogP contribution in [0.3, 0.4) is 0 Å². The number of nitrogen functional groups attached to an aromatic ring is 1. The zero-order valence-electron chi connectivity index (χ0n) is 12.7. The van der Waals surface area contributed by atoms with Gasteiger partial charge in [-0.1, -0.05) is 6.42 Å². The van der Waals surface area contributed by atoms with Gasteiger partial charge in [-0.15, -0.1) is 0 Å². The average molecular weight is 393 g/mol. The number of hydrogen-bond donors (Lipinski definition) is 1. The number of aryl methyl sites for hydroxylation is 1. The summed E-state index contributed by atoms with van der Waals surface area (Å²) in [5, 5.41) is 9.04. The van der Waals surface area contributed by atoms with Crippen LogP contribution >= 0.6 is 27.7 Å². The molecular weight excluding hydrogens is 376 g/mol. The first-order valence-electron chi connectivity index (χ1n) is 7.58. The van der Waals surface area contributed by atoms with E-state index in [1.165, 1.54) is 18.6 Å². The van der Waals surface area contributed by atoms with E-state index in [0.717, 1.165) is 33.4 Å². The van der Waals surface area contributed by atoms with E-state index < -0.39 is 0 Å². The molecule has 1 atom stereocenters. The van der Waals surface area contributed by atoms with E-state index in [-0.39, 0.29) is 0 Å². The molecule has 0 aliphatic carbocycles. The molecule has 1 aliphatic rings. The Bertz CT molecular complexity index is 864. The lowest BCUT2D eigenvalue weighted by Crippen LogP contribution is -2.10. The molecule has 6 nitrogen and oxygen atoms in total. The average Bonchev–Trinajstić information content (AvgIpc) is 3.17. The summed E-state index contributed by atoms with van der Waals surface area (Å²) in [6.07, 6.45) is 9.26. The van der Waals surface area contributed by atoms with Crippen molar-refractivity contribution >= 4 is 39.2 Å². The highest BCUT2D eigenvalue weighted by Gasteiger charge is 2.24. The van der Waals surface area contributed by atoms with E-state index in [2.05, 4.69) is 26.1 Å². The second-order valence-corrected chi connectivity index (χ2v) is 7.85. The number of fused-ring (bicyclic) bond motifs is 1. The van der Waals surface area contributed by atoms with E-state index >= 15 is 0 Å². The Kier molecular flexibility index (Phi) is 3.81. The molecule has 0 unspecified atom stereocenters. The second kappa shape index (κ2) is 5.83. The van der Waals surface area contributed by atoms with Crippen molar-refractivity contribution in [3.63, 3.8) is 0 Å². The highest BCUT2D eigenvalue weighted by Crippen LogP contribution is 2.42. The van der Waals surface area contributed by atoms with Crippen LogP contribution in [0.25, 0.3) is 16.8 Å². The maximum atomic E-state index is 6.31. The first-order chi connectivity index (χ1) is 11.1. The maximum absolute atomic E-state index is 6.31. The van der Waals surface area contributed by atoms with Gasteiger partial charge in [-0.3, -0.25) is 4.68 Å². The Hall–Kier alpha value is -1.54. The van der Waals surface area contributed by atoms with Crippen molar-refractivity contribution in [2.24, 2.45) is 7.05 Å². The van der Waals surface area contributed by atoms with E-state index in [1.807, 2.05) is 31.2 Å². The van der Waals surface area contributed by atoms with Crippen molar-refractivity contribution in [3.05, 3.63) is 28.8 Å². The Morgan fingerprint density at radius 2 is 2.17 bits per heavy atom. The highest BCUT2D eigenvalue weighted by atomic mass is 79.9. The number of rotatable bonds is 2. The zero-order chi connectivity index (χ0) is 16.0. The van der Waals surface area contributed by atoms with Gasteiger partial charge >= 0.3 is 0 Å². The molecule has 8 heteroatoms. The number of halogens is 1. The molecule has 2 N–H and O–H groups in total. The molecule has 4 rings (SSSR count). The predicted octanol–water partition coefficient (Wildman–Crippen LogP) is 3.43. The fourth-order valence-electron chi connectivity index (χ4n) is 2.95. The minimum absolute atomic E-state index is 0.391. The van der Waals surface area contributed by atoms with Crippen LogP contribution in [0.15, 0.2) is 23.1 Å². The van der Waals surface area contributed by atoms with Gasteiger partial charge in [-0.05, 0) is 34.5 Å². The molecule has 0 spiro atoms. The molecule has 23 heavy (non-hydrogen) atoms. The molecule has 1 aliphatic heterocycles. The van der Waals surface area contributed by atoms with Crippen LogP contribution < -0.4 is 5.73 Å². The monoisotopic (exact) mass is 392 g/mol. The largest absolute Gasteiger partial charge is 0.383 e. The molecule has 0 amide bonds. The molecule has 0 bridgehead atoms.